The van der Waals surface area contributed by atoms with Gasteiger partial charge in [0.25, 0.3) is 0 Å². The van der Waals surface area contributed by atoms with Crippen molar-refractivity contribution in [2.24, 2.45) is 28.6 Å². The summed E-state index contributed by atoms with van der Waals surface area (Å²) in [5.74, 6) is -0.0535. The Morgan fingerprint density at radius 3 is 2.60 bits per heavy atom. The first kappa shape index (κ1) is 26.5. The van der Waals surface area contributed by atoms with Gasteiger partial charge >= 0.3 is 5.97 Å². The fraction of sp³-hybridized carbons (Fsp3) is 0.786. The number of rotatable bonds is 7. The van der Waals surface area contributed by atoms with E-state index in [4.69, 9.17) is 21.7 Å². The summed E-state index contributed by atoms with van der Waals surface area (Å²) in [5.41, 5.74) is -1.04. The van der Waals surface area contributed by atoms with Gasteiger partial charge in [-0.05, 0) is 86.4 Å². The van der Waals surface area contributed by atoms with E-state index >= 15 is 0 Å². The minimum Gasteiger partial charge on any atom is -0.479 e. The number of carbonyl (C=O) groups excluding carboxylic acids is 3. The lowest BCUT2D eigenvalue weighted by molar-refractivity contribution is -0.202. The van der Waals surface area contributed by atoms with Gasteiger partial charge in [0, 0.05) is 24.7 Å². The van der Waals surface area contributed by atoms with Gasteiger partial charge in [0.2, 0.25) is 5.78 Å². The molecule has 6 nitrogen and oxygen atoms in total. The van der Waals surface area contributed by atoms with Crippen LogP contribution in [-0.4, -0.2) is 46.0 Å². The Bertz CT molecular complexity index is 942. The molecule has 0 aromatic rings. The maximum atomic E-state index is 13.8. The summed E-state index contributed by atoms with van der Waals surface area (Å²) in [7, 11) is 0. The highest BCUT2D eigenvalue weighted by Crippen LogP contribution is 2.68. The second-order valence-corrected chi connectivity index (χ2v) is 12.1. The molecule has 35 heavy (non-hydrogen) atoms. The van der Waals surface area contributed by atoms with Crippen LogP contribution < -0.4 is 0 Å². The standard InChI is InChI=1S/C28H40O6S/c1-5-7-23(32)34-28(22(31)16-33-24(35)6-2)13-11-20-19-9-8-17-14-18(29)10-12-26(17,3)25(19)21(30)15-27(20,28)4/h14,19-21,25,30H,5-13,15-16H2,1-4H3/t19-,20-,21-,25+,26-,27-,28-/m0/s1. The first-order valence-corrected chi connectivity index (χ1v) is 13.8. The number of thiocarbonyl (C=S) groups is 1. The molecule has 3 saturated carbocycles. The molecule has 1 N–H and O–H groups in total. The molecule has 0 bridgehead atoms. The second-order valence-electron chi connectivity index (χ2n) is 11.6. The number of ether oxygens (including phenoxy) is 2. The molecule has 0 saturated heterocycles. The summed E-state index contributed by atoms with van der Waals surface area (Å²) in [6.07, 6.45) is 7.19. The van der Waals surface area contributed by atoms with E-state index in [2.05, 4.69) is 6.92 Å². The quantitative estimate of drug-likeness (QED) is 0.390. The zero-order valence-corrected chi connectivity index (χ0v) is 22.4. The van der Waals surface area contributed by atoms with Crippen LogP contribution in [0.4, 0.5) is 0 Å². The summed E-state index contributed by atoms with van der Waals surface area (Å²) < 4.78 is 11.7. The van der Waals surface area contributed by atoms with E-state index in [9.17, 15) is 19.5 Å². The number of aliphatic hydroxyl groups excluding tert-OH is 1. The van der Waals surface area contributed by atoms with E-state index in [0.717, 1.165) is 25.7 Å². The fourth-order valence-corrected chi connectivity index (χ4v) is 8.23. The van der Waals surface area contributed by atoms with Crippen molar-refractivity contribution in [3.8, 4) is 0 Å². The number of fused-ring (bicyclic) bond motifs is 5. The van der Waals surface area contributed by atoms with Crippen LogP contribution in [0.1, 0.15) is 91.9 Å². The SMILES string of the molecule is CCCC(=O)O[C@]1(C(=O)COC(=S)CC)CC[C@H]2[C@@H]3CCC4=CC(=O)CC[C@]4(C)[C@H]3[C@@H](O)C[C@@]21C. The Morgan fingerprint density at radius 1 is 1.17 bits per heavy atom. The highest BCUT2D eigenvalue weighted by atomic mass is 32.1. The van der Waals surface area contributed by atoms with Gasteiger partial charge in [-0.15, -0.1) is 0 Å². The predicted octanol–water partition coefficient (Wildman–Crippen LogP) is 4.89. The van der Waals surface area contributed by atoms with Gasteiger partial charge in [0.05, 0.1) is 6.10 Å². The van der Waals surface area contributed by atoms with Crippen LogP contribution in [0, 0.1) is 28.6 Å². The zero-order valence-electron chi connectivity index (χ0n) is 21.6. The highest BCUT2D eigenvalue weighted by Gasteiger charge is 2.70. The molecule has 0 aromatic carbocycles. The Kier molecular flexibility index (Phi) is 7.33. The zero-order chi connectivity index (χ0) is 25.6. The van der Waals surface area contributed by atoms with Crippen LogP contribution in [-0.2, 0) is 23.9 Å². The lowest BCUT2D eigenvalue weighted by atomic mass is 9.45. The molecule has 4 aliphatic rings. The molecule has 4 aliphatic carbocycles. The molecule has 7 atom stereocenters. The van der Waals surface area contributed by atoms with Crippen LogP contribution in [0.2, 0.25) is 0 Å². The number of hydrogen-bond acceptors (Lipinski definition) is 7. The van der Waals surface area contributed by atoms with Crippen LogP contribution in [0.5, 0.6) is 0 Å². The normalized spacial score (nSPS) is 40.1. The molecular formula is C28H40O6S. The van der Waals surface area contributed by atoms with Crippen molar-refractivity contribution in [2.45, 2.75) is 104 Å². The van der Waals surface area contributed by atoms with E-state index in [1.165, 1.54) is 5.57 Å². The minimum absolute atomic E-state index is 0.0369. The summed E-state index contributed by atoms with van der Waals surface area (Å²) in [4.78, 5) is 38.7. The molecule has 0 unspecified atom stereocenters. The lowest BCUT2D eigenvalue weighted by Crippen LogP contribution is -2.63. The van der Waals surface area contributed by atoms with Gasteiger partial charge in [-0.25, -0.2) is 0 Å². The van der Waals surface area contributed by atoms with Gasteiger partial charge < -0.3 is 14.6 Å². The van der Waals surface area contributed by atoms with E-state index in [-0.39, 0.29) is 53.7 Å². The number of aliphatic hydroxyl groups is 1. The summed E-state index contributed by atoms with van der Waals surface area (Å²) in [6.45, 7) is 7.82. The van der Waals surface area contributed by atoms with Gasteiger partial charge in [0.15, 0.2) is 23.0 Å². The number of allylic oxidation sites excluding steroid dienone is 1. The first-order chi connectivity index (χ1) is 16.5. The maximum absolute atomic E-state index is 13.8. The Morgan fingerprint density at radius 2 is 1.91 bits per heavy atom. The van der Waals surface area contributed by atoms with Crippen LogP contribution in [0.15, 0.2) is 11.6 Å². The molecule has 0 heterocycles. The molecule has 0 spiro atoms. The van der Waals surface area contributed by atoms with E-state index < -0.39 is 17.1 Å². The number of Topliss-reactive ketones (excluding diaryl/α,β-unsaturated/α-hetero) is 1. The molecule has 0 aromatic heterocycles. The average Bonchev–Trinajstić information content (AvgIpc) is 3.09. The Hall–Kier alpha value is -1.60. The van der Waals surface area contributed by atoms with Crippen molar-refractivity contribution in [2.75, 3.05) is 6.61 Å². The van der Waals surface area contributed by atoms with Crippen molar-refractivity contribution in [1.29, 1.82) is 0 Å². The van der Waals surface area contributed by atoms with Gasteiger partial charge in [-0.3, -0.25) is 14.4 Å². The third-order valence-electron chi connectivity index (χ3n) is 9.86. The first-order valence-electron chi connectivity index (χ1n) is 13.3. The van der Waals surface area contributed by atoms with E-state index in [0.29, 0.717) is 37.2 Å². The summed E-state index contributed by atoms with van der Waals surface area (Å²) in [6, 6.07) is 0. The average molecular weight is 505 g/mol. The van der Waals surface area contributed by atoms with Gasteiger partial charge in [-0.2, -0.15) is 0 Å². The third kappa shape index (κ3) is 4.20. The lowest BCUT2D eigenvalue weighted by Gasteiger charge is -2.60. The van der Waals surface area contributed by atoms with Crippen molar-refractivity contribution in [3.63, 3.8) is 0 Å². The topological polar surface area (TPSA) is 89.9 Å². The molecule has 7 heteroatoms. The Balaban J connectivity index is 1.70. The van der Waals surface area contributed by atoms with Crippen molar-refractivity contribution in [1.82, 2.24) is 0 Å². The molecule has 3 fully saturated rings. The monoisotopic (exact) mass is 504 g/mol. The Labute approximate surface area is 214 Å². The summed E-state index contributed by atoms with van der Waals surface area (Å²) in [5, 5.41) is 12.0. The van der Waals surface area contributed by atoms with Crippen LogP contribution >= 0.6 is 12.2 Å². The van der Waals surface area contributed by atoms with E-state index in [1.807, 2.05) is 26.8 Å². The molecule has 0 radical (unpaired) electrons. The third-order valence-corrected chi connectivity index (χ3v) is 10.3. The number of carbonyl (C=O) groups is 3. The van der Waals surface area contributed by atoms with Crippen molar-refractivity contribution in [3.05, 3.63) is 11.6 Å². The molecule has 4 rings (SSSR count). The predicted molar refractivity (Wildman–Crippen MR) is 136 cm³/mol. The van der Waals surface area contributed by atoms with Gasteiger partial charge in [-0.1, -0.05) is 33.3 Å². The molecular weight excluding hydrogens is 464 g/mol. The van der Waals surface area contributed by atoms with Crippen LogP contribution in [0.25, 0.3) is 0 Å². The number of hydrogen-bond donors (Lipinski definition) is 1. The number of ketones is 2. The van der Waals surface area contributed by atoms with E-state index in [1.54, 1.807) is 0 Å². The summed E-state index contributed by atoms with van der Waals surface area (Å²) >= 11 is 5.18. The molecule has 0 aliphatic heterocycles. The van der Waals surface area contributed by atoms with Crippen molar-refractivity contribution >= 4 is 34.8 Å². The van der Waals surface area contributed by atoms with Gasteiger partial charge in [0.1, 0.15) is 0 Å². The maximum Gasteiger partial charge on any atom is 0.306 e. The minimum atomic E-state index is -1.32. The smallest absolute Gasteiger partial charge is 0.306 e. The van der Waals surface area contributed by atoms with Crippen molar-refractivity contribution < 1.29 is 29.0 Å². The fourth-order valence-electron chi connectivity index (χ4n) is 8.17. The molecule has 0 amide bonds. The van der Waals surface area contributed by atoms with Crippen LogP contribution in [0.3, 0.4) is 0 Å². The molecule has 194 valence electrons. The highest BCUT2D eigenvalue weighted by molar-refractivity contribution is 7.80. The largest absolute Gasteiger partial charge is 0.479 e. The second kappa shape index (κ2) is 9.70. The number of esters is 1.